The van der Waals surface area contributed by atoms with Gasteiger partial charge in [0.25, 0.3) is 5.89 Å². The zero-order valence-corrected chi connectivity index (χ0v) is 16.1. The van der Waals surface area contributed by atoms with E-state index in [2.05, 4.69) is 15.5 Å². The Morgan fingerprint density at radius 3 is 2.62 bits per heavy atom. The lowest BCUT2D eigenvalue weighted by Crippen LogP contribution is -2.32. The summed E-state index contributed by atoms with van der Waals surface area (Å²) in [6.07, 6.45) is 0. The van der Waals surface area contributed by atoms with E-state index in [0.29, 0.717) is 11.8 Å². The Labute approximate surface area is 156 Å². The first kappa shape index (κ1) is 18.3. The number of rotatable bonds is 6. The lowest BCUT2D eigenvalue weighted by atomic mass is 10.1. The van der Waals surface area contributed by atoms with Gasteiger partial charge in [-0.2, -0.15) is 0 Å². The molecule has 136 valence electrons. The normalized spacial score (nSPS) is 12.3. The highest BCUT2D eigenvalue weighted by molar-refractivity contribution is 7.13. The van der Waals surface area contributed by atoms with Gasteiger partial charge in [0.2, 0.25) is 11.8 Å². The predicted octanol–water partition coefficient (Wildman–Crippen LogP) is 4.05. The predicted molar refractivity (Wildman–Crippen MR) is 103 cm³/mol. The van der Waals surface area contributed by atoms with Gasteiger partial charge < -0.3 is 9.73 Å². The number of aromatic nitrogens is 2. The molecule has 0 bridgehead atoms. The van der Waals surface area contributed by atoms with Gasteiger partial charge >= 0.3 is 0 Å². The molecule has 1 aromatic carbocycles. The van der Waals surface area contributed by atoms with Crippen molar-refractivity contribution in [1.82, 2.24) is 15.1 Å². The molecule has 6 nitrogen and oxygen atoms in total. The number of nitrogens with zero attached hydrogens (tertiary/aromatic N) is 3. The first-order valence-corrected chi connectivity index (χ1v) is 9.27. The van der Waals surface area contributed by atoms with E-state index in [1.54, 1.807) is 11.3 Å². The number of nitrogens with one attached hydrogen (secondary N) is 1. The van der Waals surface area contributed by atoms with Crippen molar-refractivity contribution in [3.63, 3.8) is 0 Å². The van der Waals surface area contributed by atoms with Crippen LogP contribution in [0.3, 0.4) is 0 Å². The number of aryl methyl sites for hydroxylation is 2. The summed E-state index contributed by atoms with van der Waals surface area (Å²) in [5.74, 6) is 0.931. The van der Waals surface area contributed by atoms with Crippen LogP contribution in [0, 0.1) is 13.8 Å². The van der Waals surface area contributed by atoms with Crippen LogP contribution in [0.25, 0.3) is 10.8 Å². The molecule has 2 heterocycles. The average molecular weight is 370 g/mol. The smallest absolute Gasteiger partial charge is 0.257 e. The highest BCUT2D eigenvalue weighted by atomic mass is 32.1. The second-order valence-corrected chi connectivity index (χ2v) is 7.28. The quantitative estimate of drug-likeness (QED) is 0.709. The average Bonchev–Trinajstić information content (AvgIpc) is 3.28. The molecule has 7 heteroatoms. The van der Waals surface area contributed by atoms with Crippen LogP contribution in [0.5, 0.6) is 0 Å². The van der Waals surface area contributed by atoms with Crippen molar-refractivity contribution in [2.45, 2.75) is 26.8 Å². The Balaban J connectivity index is 1.64. The van der Waals surface area contributed by atoms with Crippen LogP contribution in [-0.4, -0.2) is 34.6 Å². The molecular weight excluding hydrogens is 348 g/mol. The number of anilines is 1. The topological polar surface area (TPSA) is 71.3 Å². The maximum absolute atomic E-state index is 12.4. The molecule has 0 spiro atoms. The minimum absolute atomic E-state index is 0.0743. The van der Waals surface area contributed by atoms with E-state index in [1.807, 2.05) is 68.4 Å². The maximum Gasteiger partial charge on any atom is 0.257 e. The molecule has 0 saturated carbocycles. The van der Waals surface area contributed by atoms with Crippen LogP contribution in [0.15, 0.2) is 40.1 Å². The van der Waals surface area contributed by atoms with E-state index in [9.17, 15) is 4.79 Å². The second kappa shape index (κ2) is 7.80. The number of amides is 1. The molecule has 3 aromatic rings. The molecule has 0 fully saturated rings. The van der Waals surface area contributed by atoms with Gasteiger partial charge in [-0.25, -0.2) is 0 Å². The summed E-state index contributed by atoms with van der Waals surface area (Å²) in [6, 6.07) is 9.67. The van der Waals surface area contributed by atoms with E-state index < -0.39 is 0 Å². The summed E-state index contributed by atoms with van der Waals surface area (Å²) in [5.41, 5.74) is 2.97. The van der Waals surface area contributed by atoms with Crippen molar-refractivity contribution in [3.8, 4) is 10.8 Å². The third-order valence-corrected chi connectivity index (χ3v) is 5.19. The SMILES string of the molecule is Cc1cccc(C)c1NC(=O)CN(C)C(C)c1nnc(-c2cccs2)o1. The number of carbonyl (C=O) groups excluding carboxylic acids is 1. The molecule has 0 aliphatic carbocycles. The molecule has 2 aromatic heterocycles. The standard InChI is InChI=1S/C19H22N4O2S/c1-12-7-5-8-13(2)17(12)20-16(24)11-23(4)14(3)18-21-22-19(25-18)15-9-6-10-26-15/h5-10,14H,11H2,1-4H3,(H,20,24). The number of likely N-dealkylation sites (N-methyl/N-ethyl adjacent to an activating group) is 1. The van der Waals surface area contributed by atoms with Crippen molar-refractivity contribution in [2.75, 3.05) is 18.9 Å². The summed E-state index contributed by atoms with van der Waals surface area (Å²) < 4.78 is 5.76. The number of carbonyl (C=O) groups is 1. The lowest BCUT2D eigenvalue weighted by Gasteiger charge is -2.21. The Hall–Kier alpha value is -2.51. The molecule has 0 aliphatic heterocycles. The zero-order valence-electron chi connectivity index (χ0n) is 15.3. The lowest BCUT2D eigenvalue weighted by molar-refractivity contribution is -0.117. The van der Waals surface area contributed by atoms with E-state index in [4.69, 9.17) is 4.42 Å². The molecule has 26 heavy (non-hydrogen) atoms. The van der Waals surface area contributed by atoms with E-state index in [-0.39, 0.29) is 18.5 Å². The minimum atomic E-state index is -0.167. The van der Waals surface area contributed by atoms with Crippen molar-refractivity contribution in [3.05, 3.63) is 52.7 Å². The zero-order chi connectivity index (χ0) is 18.7. The number of hydrogen-bond donors (Lipinski definition) is 1. The molecule has 1 amide bonds. The first-order valence-electron chi connectivity index (χ1n) is 8.39. The molecular formula is C19H22N4O2S. The van der Waals surface area contributed by atoms with Crippen molar-refractivity contribution in [2.24, 2.45) is 0 Å². The summed E-state index contributed by atoms with van der Waals surface area (Å²) in [5, 5.41) is 13.2. The van der Waals surface area contributed by atoms with E-state index >= 15 is 0 Å². The first-order chi connectivity index (χ1) is 12.5. The Morgan fingerprint density at radius 1 is 1.23 bits per heavy atom. The van der Waals surface area contributed by atoms with Gasteiger partial charge in [0.15, 0.2) is 0 Å². The van der Waals surface area contributed by atoms with E-state index in [0.717, 1.165) is 21.7 Å². The summed E-state index contributed by atoms with van der Waals surface area (Å²) in [6.45, 7) is 6.14. The van der Waals surface area contributed by atoms with Gasteiger partial charge in [0.1, 0.15) is 0 Å². The Kier molecular flexibility index (Phi) is 5.49. The van der Waals surface area contributed by atoms with Crippen LogP contribution in [0.2, 0.25) is 0 Å². The third kappa shape index (κ3) is 4.00. The van der Waals surface area contributed by atoms with Gasteiger partial charge in [-0.15, -0.1) is 21.5 Å². The number of thiophene rings is 1. The monoisotopic (exact) mass is 370 g/mol. The van der Waals surface area contributed by atoms with Crippen LogP contribution in [-0.2, 0) is 4.79 Å². The highest BCUT2D eigenvalue weighted by Crippen LogP contribution is 2.26. The second-order valence-electron chi connectivity index (χ2n) is 6.33. The van der Waals surface area contributed by atoms with Gasteiger partial charge in [0, 0.05) is 5.69 Å². The summed E-state index contributed by atoms with van der Waals surface area (Å²) >= 11 is 1.55. The van der Waals surface area contributed by atoms with Gasteiger partial charge in [-0.1, -0.05) is 24.3 Å². The number of hydrogen-bond acceptors (Lipinski definition) is 6. The molecule has 0 aliphatic rings. The van der Waals surface area contributed by atoms with Crippen LogP contribution >= 0.6 is 11.3 Å². The van der Waals surface area contributed by atoms with Crippen LogP contribution in [0.1, 0.15) is 30.0 Å². The minimum Gasteiger partial charge on any atom is -0.418 e. The Morgan fingerprint density at radius 2 is 1.96 bits per heavy atom. The highest BCUT2D eigenvalue weighted by Gasteiger charge is 2.21. The van der Waals surface area contributed by atoms with Crippen LogP contribution in [0.4, 0.5) is 5.69 Å². The van der Waals surface area contributed by atoms with Gasteiger partial charge in [-0.3, -0.25) is 9.69 Å². The maximum atomic E-state index is 12.4. The van der Waals surface area contributed by atoms with Crippen molar-refractivity contribution in [1.29, 1.82) is 0 Å². The molecule has 1 N–H and O–H groups in total. The van der Waals surface area contributed by atoms with Gasteiger partial charge in [0.05, 0.1) is 17.5 Å². The number of benzene rings is 1. The summed E-state index contributed by atoms with van der Waals surface area (Å²) in [4.78, 5) is 15.3. The molecule has 3 rings (SSSR count). The Bertz CT molecular complexity index is 869. The molecule has 0 saturated heterocycles. The van der Waals surface area contributed by atoms with Gasteiger partial charge in [-0.05, 0) is 50.4 Å². The van der Waals surface area contributed by atoms with E-state index in [1.165, 1.54) is 0 Å². The number of para-hydroxylation sites is 1. The van der Waals surface area contributed by atoms with Crippen molar-refractivity contribution < 1.29 is 9.21 Å². The fourth-order valence-electron chi connectivity index (χ4n) is 2.65. The van der Waals surface area contributed by atoms with Crippen molar-refractivity contribution >= 4 is 22.9 Å². The largest absolute Gasteiger partial charge is 0.418 e. The fourth-order valence-corrected chi connectivity index (χ4v) is 3.29. The molecule has 0 radical (unpaired) electrons. The molecule has 1 atom stereocenters. The third-order valence-electron chi connectivity index (χ3n) is 4.33. The summed E-state index contributed by atoms with van der Waals surface area (Å²) in [7, 11) is 1.87. The van der Waals surface area contributed by atoms with Crippen LogP contribution < -0.4 is 5.32 Å². The fraction of sp³-hybridized carbons (Fsp3) is 0.316. The molecule has 1 unspecified atom stereocenters.